The first-order valence-corrected chi connectivity index (χ1v) is 6.75. The Bertz CT molecular complexity index is 729. The monoisotopic (exact) mass is 299 g/mol. The number of rotatable bonds is 7. The van der Waals surface area contributed by atoms with Crippen LogP contribution < -0.4 is 10.6 Å². The minimum atomic E-state index is -0.442. The summed E-state index contributed by atoms with van der Waals surface area (Å²) >= 11 is 0. The number of nitrogens with zero attached hydrogens (tertiary/aromatic N) is 3. The number of nitro benzene ring substituents is 1. The molecule has 1 atom stereocenters. The zero-order valence-electron chi connectivity index (χ0n) is 12.2. The van der Waals surface area contributed by atoms with Crippen LogP contribution in [0.3, 0.4) is 0 Å². The fourth-order valence-corrected chi connectivity index (χ4v) is 1.86. The maximum absolute atomic E-state index is 10.9. The molecule has 0 bridgehead atoms. The summed E-state index contributed by atoms with van der Waals surface area (Å²) in [5.74, 6) is 0.952. The molecule has 0 saturated heterocycles. The molecule has 0 aliphatic heterocycles. The second kappa shape index (κ2) is 6.66. The fourth-order valence-electron chi connectivity index (χ4n) is 1.86. The van der Waals surface area contributed by atoms with Crippen LogP contribution in [-0.4, -0.2) is 27.5 Å². The zero-order valence-corrected chi connectivity index (χ0v) is 12.2. The Morgan fingerprint density at radius 3 is 2.82 bits per heavy atom. The number of aromatic nitrogens is 2. The molecule has 7 nitrogen and oxygen atoms in total. The lowest BCUT2D eigenvalue weighted by molar-refractivity contribution is -0.384. The topological polar surface area (TPSA) is 93.0 Å². The summed E-state index contributed by atoms with van der Waals surface area (Å²) < 4.78 is 0. The van der Waals surface area contributed by atoms with Crippen molar-refractivity contribution in [3.05, 3.63) is 53.6 Å². The van der Waals surface area contributed by atoms with Crippen LogP contribution in [-0.2, 0) is 0 Å². The maximum Gasteiger partial charge on any atom is 0.270 e. The third-order valence-electron chi connectivity index (χ3n) is 3.01. The summed E-state index contributed by atoms with van der Waals surface area (Å²) in [6.07, 6.45) is 3.42. The smallest absolute Gasteiger partial charge is 0.270 e. The summed E-state index contributed by atoms with van der Waals surface area (Å²) in [4.78, 5) is 19.2. The van der Waals surface area contributed by atoms with E-state index in [1.54, 1.807) is 18.2 Å². The van der Waals surface area contributed by atoms with Crippen LogP contribution in [0.4, 0.5) is 17.5 Å². The van der Waals surface area contributed by atoms with E-state index < -0.39 is 4.92 Å². The van der Waals surface area contributed by atoms with Crippen LogP contribution in [0.15, 0.2) is 43.5 Å². The number of hydrogen-bond donors (Lipinski definition) is 2. The molecule has 0 aliphatic rings. The molecule has 0 saturated carbocycles. The summed E-state index contributed by atoms with van der Waals surface area (Å²) in [7, 11) is 0. The van der Waals surface area contributed by atoms with E-state index in [2.05, 4.69) is 33.8 Å². The standard InChI is InChI=1S/C15H17N5O2/c1-4-8-16-14-12-9-11(20(21)22)6-7-13(12)18-15(19-14)17-10(3)5-2/h4-7,9-10H,1-2,8H2,3H3,(H2,16,17,18,19). The lowest BCUT2D eigenvalue weighted by atomic mass is 10.2. The van der Waals surface area contributed by atoms with Gasteiger partial charge in [0.05, 0.1) is 10.4 Å². The first kappa shape index (κ1) is 15.4. The van der Waals surface area contributed by atoms with Gasteiger partial charge in [0.25, 0.3) is 5.69 Å². The average Bonchev–Trinajstić information content (AvgIpc) is 2.51. The molecule has 2 N–H and O–H groups in total. The molecule has 0 aliphatic carbocycles. The van der Waals surface area contributed by atoms with E-state index in [1.165, 1.54) is 12.1 Å². The van der Waals surface area contributed by atoms with Gasteiger partial charge < -0.3 is 10.6 Å². The average molecular weight is 299 g/mol. The molecule has 2 rings (SSSR count). The van der Waals surface area contributed by atoms with Crippen molar-refractivity contribution in [2.75, 3.05) is 17.2 Å². The molecule has 0 spiro atoms. The van der Waals surface area contributed by atoms with Crippen LogP contribution in [0.2, 0.25) is 0 Å². The largest absolute Gasteiger partial charge is 0.366 e. The number of benzene rings is 1. The Morgan fingerprint density at radius 1 is 1.41 bits per heavy atom. The Balaban J connectivity index is 2.54. The van der Waals surface area contributed by atoms with Crippen LogP contribution in [0.1, 0.15) is 6.92 Å². The Hall–Kier alpha value is -2.96. The SMILES string of the molecule is C=CCNc1nc(NC(C)C=C)nc2ccc([N+](=O)[O-])cc12. The van der Waals surface area contributed by atoms with Crippen molar-refractivity contribution >= 4 is 28.4 Å². The van der Waals surface area contributed by atoms with E-state index in [9.17, 15) is 10.1 Å². The van der Waals surface area contributed by atoms with Gasteiger partial charge in [-0.05, 0) is 13.0 Å². The number of nitrogens with one attached hydrogen (secondary N) is 2. The molecule has 114 valence electrons. The first-order valence-electron chi connectivity index (χ1n) is 6.75. The third kappa shape index (κ3) is 3.38. The molecule has 2 aromatic rings. The van der Waals surface area contributed by atoms with E-state index >= 15 is 0 Å². The molecule has 0 radical (unpaired) electrons. The van der Waals surface area contributed by atoms with Gasteiger partial charge in [0.1, 0.15) is 5.82 Å². The van der Waals surface area contributed by atoms with E-state index in [0.717, 1.165) is 0 Å². The lowest BCUT2D eigenvalue weighted by Crippen LogP contribution is -2.15. The molecular formula is C15H17N5O2. The summed E-state index contributed by atoms with van der Waals surface area (Å²) in [6, 6.07) is 4.50. The fraction of sp³-hybridized carbons (Fsp3) is 0.200. The first-order chi connectivity index (χ1) is 10.5. The minimum absolute atomic E-state index is 0.00192. The van der Waals surface area contributed by atoms with E-state index in [-0.39, 0.29) is 11.7 Å². The summed E-state index contributed by atoms with van der Waals surface area (Å²) in [6.45, 7) is 9.76. The van der Waals surface area contributed by atoms with Crippen molar-refractivity contribution in [3.63, 3.8) is 0 Å². The van der Waals surface area contributed by atoms with Gasteiger partial charge >= 0.3 is 0 Å². The molecule has 0 amide bonds. The van der Waals surface area contributed by atoms with Gasteiger partial charge in [0.15, 0.2) is 0 Å². The van der Waals surface area contributed by atoms with Crippen molar-refractivity contribution in [1.29, 1.82) is 0 Å². The van der Waals surface area contributed by atoms with Gasteiger partial charge in [0.2, 0.25) is 5.95 Å². The van der Waals surface area contributed by atoms with Crippen molar-refractivity contribution in [2.45, 2.75) is 13.0 Å². The van der Waals surface area contributed by atoms with Crippen molar-refractivity contribution < 1.29 is 4.92 Å². The van der Waals surface area contributed by atoms with Gasteiger partial charge in [-0.25, -0.2) is 4.98 Å². The van der Waals surface area contributed by atoms with Crippen LogP contribution in [0.25, 0.3) is 10.9 Å². The van der Waals surface area contributed by atoms with Crippen molar-refractivity contribution in [1.82, 2.24) is 9.97 Å². The minimum Gasteiger partial charge on any atom is -0.366 e. The van der Waals surface area contributed by atoms with E-state index in [0.29, 0.717) is 29.2 Å². The van der Waals surface area contributed by atoms with Crippen molar-refractivity contribution in [3.8, 4) is 0 Å². The highest BCUT2D eigenvalue weighted by Gasteiger charge is 2.13. The highest BCUT2D eigenvalue weighted by atomic mass is 16.6. The van der Waals surface area contributed by atoms with Crippen LogP contribution in [0, 0.1) is 10.1 Å². The number of fused-ring (bicyclic) bond motifs is 1. The molecule has 22 heavy (non-hydrogen) atoms. The highest BCUT2D eigenvalue weighted by molar-refractivity contribution is 5.91. The molecular weight excluding hydrogens is 282 g/mol. The molecule has 1 unspecified atom stereocenters. The highest BCUT2D eigenvalue weighted by Crippen LogP contribution is 2.26. The Kier molecular flexibility index (Phi) is 4.67. The molecule has 1 aromatic heterocycles. The molecule has 0 fully saturated rings. The third-order valence-corrected chi connectivity index (χ3v) is 3.01. The van der Waals surface area contributed by atoms with Crippen molar-refractivity contribution in [2.24, 2.45) is 0 Å². The van der Waals surface area contributed by atoms with Gasteiger partial charge in [-0.3, -0.25) is 10.1 Å². The second-order valence-corrected chi connectivity index (χ2v) is 4.69. The predicted octanol–water partition coefficient (Wildman–Crippen LogP) is 3.12. The normalized spacial score (nSPS) is 11.7. The summed E-state index contributed by atoms with van der Waals surface area (Å²) in [5.41, 5.74) is 0.615. The Morgan fingerprint density at radius 2 is 2.18 bits per heavy atom. The molecule has 1 aromatic carbocycles. The quantitative estimate of drug-likeness (QED) is 0.463. The lowest BCUT2D eigenvalue weighted by Gasteiger charge is -2.13. The predicted molar refractivity (Wildman–Crippen MR) is 88.2 cm³/mol. The number of non-ortho nitro benzene ring substituents is 1. The zero-order chi connectivity index (χ0) is 16.1. The van der Waals surface area contributed by atoms with E-state index in [1.807, 2.05) is 6.92 Å². The maximum atomic E-state index is 10.9. The Labute approximate surface area is 127 Å². The number of nitro groups is 1. The van der Waals surface area contributed by atoms with Crippen LogP contribution >= 0.6 is 0 Å². The number of hydrogen-bond acceptors (Lipinski definition) is 6. The second-order valence-electron chi connectivity index (χ2n) is 4.69. The van der Waals surface area contributed by atoms with Gasteiger partial charge in [0, 0.05) is 30.1 Å². The number of anilines is 2. The van der Waals surface area contributed by atoms with Gasteiger partial charge in [-0.15, -0.1) is 13.2 Å². The molecule has 1 heterocycles. The van der Waals surface area contributed by atoms with Gasteiger partial charge in [-0.1, -0.05) is 12.2 Å². The van der Waals surface area contributed by atoms with E-state index in [4.69, 9.17) is 0 Å². The van der Waals surface area contributed by atoms with Gasteiger partial charge in [-0.2, -0.15) is 4.98 Å². The summed E-state index contributed by atoms with van der Waals surface area (Å²) in [5, 5.41) is 17.7. The van der Waals surface area contributed by atoms with Crippen LogP contribution in [0.5, 0.6) is 0 Å². The molecule has 7 heteroatoms.